The molecule has 0 unspecified atom stereocenters. The zero-order valence-electron chi connectivity index (χ0n) is 18.7. The van der Waals surface area contributed by atoms with Gasteiger partial charge in [0.05, 0.1) is 12.1 Å². The summed E-state index contributed by atoms with van der Waals surface area (Å²) in [4.78, 5) is 3.78. The van der Waals surface area contributed by atoms with E-state index in [1.807, 2.05) is 12.1 Å². The quantitative estimate of drug-likeness (QED) is 0.262. The van der Waals surface area contributed by atoms with Crippen LogP contribution in [-0.4, -0.2) is 0 Å². The van der Waals surface area contributed by atoms with Crippen molar-refractivity contribution in [2.24, 2.45) is 13.0 Å². The van der Waals surface area contributed by atoms with Crippen molar-refractivity contribution in [3.63, 3.8) is 0 Å². The number of nitrogens with zero attached hydrogens (tertiary/aromatic N) is 2. The summed E-state index contributed by atoms with van der Waals surface area (Å²) in [5, 5.41) is 2.32. The van der Waals surface area contributed by atoms with Crippen molar-refractivity contribution < 1.29 is 8.98 Å². The summed E-state index contributed by atoms with van der Waals surface area (Å²) >= 11 is 0. The molecule has 0 saturated carbocycles. The molecule has 2 heterocycles. The first kappa shape index (κ1) is 20.2. The van der Waals surface area contributed by atoms with Crippen LogP contribution in [0.5, 0.6) is 0 Å². The van der Waals surface area contributed by atoms with Crippen molar-refractivity contribution in [2.45, 2.75) is 47.0 Å². The minimum atomic E-state index is 0.212. The molecule has 0 aliphatic rings. The lowest BCUT2D eigenvalue weighted by Crippen LogP contribution is -2.30. The summed E-state index contributed by atoms with van der Waals surface area (Å²) in [6.45, 7) is 18.6. The standard InChI is InChI=1S/C27H29N2O/c1-16(2)14-19-15-18(5)24(22-10-8-9-13-29(22)7)27-25(19)20-11-12-21(28-6)23(17(3)4)26(20)30-27/h8-13,15-17H,14H2,1-5,7H3/q+1. The van der Waals surface area contributed by atoms with Gasteiger partial charge in [-0.25, -0.2) is 9.41 Å². The summed E-state index contributed by atoms with van der Waals surface area (Å²) in [6.07, 6.45) is 3.07. The summed E-state index contributed by atoms with van der Waals surface area (Å²) in [5.41, 5.74) is 8.30. The second kappa shape index (κ2) is 7.61. The fourth-order valence-corrected chi connectivity index (χ4v) is 4.61. The zero-order valence-corrected chi connectivity index (χ0v) is 18.7. The topological polar surface area (TPSA) is 21.4 Å². The van der Waals surface area contributed by atoms with Crippen LogP contribution in [0.4, 0.5) is 5.69 Å². The third-order valence-corrected chi connectivity index (χ3v) is 5.84. The van der Waals surface area contributed by atoms with Gasteiger partial charge < -0.3 is 4.42 Å². The number of hydrogen-bond donors (Lipinski definition) is 0. The van der Waals surface area contributed by atoms with Crippen molar-refractivity contribution in [2.75, 3.05) is 0 Å². The highest BCUT2D eigenvalue weighted by molar-refractivity contribution is 6.13. The maximum Gasteiger partial charge on any atom is 0.216 e. The Morgan fingerprint density at radius 2 is 1.83 bits per heavy atom. The molecule has 2 aromatic carbocycles. The minimum Gasteiger partial charge on any atom is -0.456 e. The van der Waals surface area contributed by atoms with Gasteiger partial charge in [-0.05, 0) is 42.4 Å². The lowest BCUT2D eigenvalue weighted by molar-refractivity contribution is -0.660. The maximum atomic E-state index is 7.64. The molecule has 2 aromatic heterocycles. The fourth-order valence-electron chi connectivity index (χ4n) is 4.61. The molecule has 3 heteroatoms. The number of benzene rings is 2. The fraction of sp³-hybridized carbons (Fsp3) is 0.333. The van der Waals surface area contributed by atoms with Gasteiger partial charge in [-0.15, -0.1) is 0 Å². The third kappa shape index (κ3) is 3.17. The van der Waals surface area contributed by atoms with Gasteiger partial charge in [0.2, 0.25) is 5.69 Å². The molecule has 3 nitrogen and oxygen atoms in total. The molecule has 0 aliphatic carbocycles. The molecule has 0 fully saturated rings. The monoisotopic (exact) mass is 397 g/mol. The predicted molar refractivity (Wildman–Crippen MR) is 124 cm³/mol. The smallest absolute Gasteiger partial charge is 0.216 e. The zero-order chi connectivity index (χ0) is 21.6. The van der Waals surface area contributed by atoms with Crippen LogP contribution in [0.15, 0.2) is 47.0 Å². The van der Waals surface area contributed by atoms with Crippen molar-refractivity contribution in [3.8, 4) is 11.3 Å². The van der Waals surface area contributed by atoms with E-state index in [0.717, 1.165) is 39.8 Å². The number of aromatic nitrogens is 1. The first-order chi connectivity index (χ1) is 14.3. The number of rotatable bonds is 4. The predicted octanol–water partition coefficient (Wildman–Crippen LogP) is 7.26. The lowest BCUT2D eigenvalue weighted by Gasteiger charge is -2.12. The normalized spacial score (nSPS) is 11.7. The van der Waals surface area contributed by atoms with E-state index in [0.29, 0.717) is 11.6 Å². The summed E-state index contributed by atoms with van der Waals surface area (Å²) in [7, 11) is 2.07. The van der Waals surface area contributed by atoms with Gasteiger partial charge in [0.15, 0.2) is 11.9 Å². The Kier molecular flexibility index (Phi) is 5.12. The number of hydrogen-bond acceptors (Lipinski definition) is 1. The molecule has 0 aliphatic heterocycles. The Morgan fingerprint density at radius 1 is 1.07 bits per heavy atom. The Labute approximate surface area is 178 Å². The summed E-state index contributed by atoms with van der Waals surface area (Å²) in [6, 6.07) is 12.6. The molecule has 0 spiro atoms. The average molecular weight is 398 g/mol. The van der Waals surface area contributed by atoms with E-state index < -0.39 is 0 Å². The first-order valence-electron chi connectivity index (χ1n) is 10.7. The van der Waals surface area contributed by atoms with Crippen LogP contribution in [0, 0.1) is 19.4 Å². The molecule has 0 amide bonds. The molecule has 0 N–H and O–H groups in total. The highest BCUT2D eigenvalue weighted by Gasteiger charge is 2.25. The Hall–Kier alpha value is -3.12. The molecular weight excluding hydrogens is 368 g/mol. The summed E-state index contributed by atoms with van der Waals surface area (Å²) < 4.78 is 8.82. The third-order valence-electron chi connectivity index (χ3n) is 5.84. The van der Waals surface area contributed by atoms with Gasteiger partial charge in [-0.3, -0.25) is 0 Å². The Bertz CT molecular complexity index is 1300. The van der Waals surface area contributed by atoms with Crippen LogP contribution in [0.3, 0.4) is 0 Å². The molecule has 0 saturated heterocycles. The Morgan fingerprint density at radius 3 is 2.47 bits per heavy atom. The van der Waals surface area contributed by atoms with Crippen molar-refractivity contribution in [3.05, 3.63) is 70.7 Å². The molecule has 0 radical (unpaired) electrons. The van der Waals surface area contributed by atoms with E-state index in [2.05, 4.69) is 81.5 Å². The molecule has 0 atom stereocenters. The Balaban J connectivity index is 2.21. The van der Waals surface area contributed by atoms with Gasteiger partial charge >= 0.3 is 0 Å². The SMILES string of the molecule is [C-]#[N+]c1ccc2c(oc3c(-c4cccc[n+]4C)c(C)cc(CC(C)C)c32)c1C(C)C. The average Bonchev–Trinajstić information content (AvgIpc) is 3.07. The minimum absolute atomic E-state index is 0.212. The van der Waals surface area contributed by atoms with Crippen molar-refractivity contribution in [1.29, 1.82) is 0 Å². The highest BCUT2D eigenvalue weighted by atomic mass is 16.3. The van der Waals surface area contributed by atoms with Gasteiger partial charge in [-0.2, -0.15) is 0 Å². The summed E-state index contributed by atoms with van der Waals surface area (Å²) in [5.74, 6) is 0.757. The molecule has 152 valence electrons. The second-order valence-electron chi connectivity index (χ2n) is 8.97. The van der Waals surface area contributed by atoms with Crippen LogP contribution in [0.25, 0.3) is 38.0 Å². The van der Waals surface area contributed by atoms with E-state index in [9.17, 15) is 0 Å². The maximum absolute atomic E-state index is 7.64. The molecule has 4 aromatic rings. The second-order valence-corrected chi connectivity index (χ2v) is 8.97. The van der Waals surface area contributed by atoms with Crippen LogP contribution >= 0.6 is 0 Å². The van der Waals surface area contributed by atoms with E-state index in [1.165, 1.54) is 16.5 Å². The molecule has 0 bridgehead atoms. The number of aryl methyl sites for hydroxylation is 2. The van der Waals surface area contributed by atoms with Gasteiger partial charge in [-0.1, -0.05) is 45.9 Å². The molecule has 4 rings (SSSR count). The first-order valence-corrected chi connectivity index (χ1v) is 10.7. The van der Waals surface area contributed by atoms with Crippen LogP contribution in [-0.2, 0) is 13.5 Å². The van der Waals surface area contributed by atoms with E-state index in [4.69, 9.17) is 11.0 Å². The molecule has 30 heavy (non-hydrogen) atoms. The number of fused-ring (bicyclic) bond motifs is 3. The van der Waals surface area contributed by atoms with Crippen LogP contribution in [0.2, 0.25) is 0 Å². The lowest BCUT2D eigenvalue weighted by atomic mass is 9.91. The largest absolute Gasteiger partial charge is 0.456 e. The van der Waals surface area contributed by atoms with E-state index >= 15 is 0 Å². The van der Waals surface area contributed by atoms with Crippen molar-refractivity contribution >= 4 is 27.6 Å². The van der Waals surface area contributed by atoms with E-state index in [-0.39, 0.29) is 5.92 Å². The van der Waals surface area contributed by atoms with Gasteiger partial charge in [0, 0.05) is 28.5 Å². The highest BCUT2D eigenvalue weighted by Crippen LogP contribution is 2.44. The van der Waals surface area contributed by atoms with Gasteiger partial charge in [0.1, 0.15) is 18.2 Å². The van der Waals surface area contributed by atoms with Gasteiger partial charge in [0.25, 0.3) is 0 Å². The number of furan rings is 1. The van der Waals surface area contributed by atoms with E-state index in [1.54, 1.807) is 0 Å². The van der Waals surface area contributed by atoms with Crippen LogP contribution < -0.4 is 4.57 Å². The van der Waals surface area contributed by atoms with Crippen molar-refractivity contribution in [1.82, 2.24) is 0 Å². The molecular formula is C27H29N2O+. The van der Waals surface area contributed by atoms with Crippen LogP contribution in [0.1, 0.15) is 50.3 Å². The number of pyridine rings is 1.